The molecule has 0 spiro atoms. The standard InChI is InChI=1S/C22H25BClIN2O7S/c1-23(25)34-22(29)15-5-9-17(10-6-15)26-21(28)19(14-33-20-4-2-3-13-32-20)27-35(30,31)18-11-7-16(24)8-12-18/h5-12,19-20,27H,2-4,13-14H2,1H3,(H,26,28). The molecule has 2 aromatic rings. The van der Waals surface area contributed by atoms with Gasteiger partial charge in [0, 0.05) is 17.3 Å². The molecular weight excluding hydrogens is 609 g/mol. The Hall–Kier alpha value is -1.71. The summed E-state index contributed by atoms with van der Waals surface area (Å²) in [7, 11) is -4.05. The van der Waals surface area contributed by atoms with Gasteiger partial charge in [-0.15, -0.1) is 0 Å². The molecule has 1 aliphatic rings. The number of ether oxygens (including phenoxy) is 2. The van der Waals surface area contributed by atoms with Crippen LogP contribution in [-0.4, -0.2) is 50.6 Å². The van der Waals surface area contributed by atoms with Gasteiger partial charge in [-0.2, -0.15) is 4.72 Å². The van der Waals surface area contributed by atoms with E-state index >= 15 is 0 Å². The fourth-order valence-corrected chi connectivity index (χ4v) is 4.75. The van der Waals surface area contributed by atoms with Crippen molar-refractivity contribution in [3.05, 3.63) is 59.1 Å². The zero-order chi connectivity index (χ0) is 25.4. The molecule has 1 fully saturated rings. The normalized spacial score (nSPS) is 16.8. The lowest BCUT2D eigenvalue weighted by atomic mass is 10.1. The van der Waals surface area contributed by atoms with Gasteiger partial charge in [0.25, 0.3) is 0 Å². The molecule has 9 nitrogen and oxygen atoms in total. The third-order valence-electron chi connectivity index (χ3n) is 4.98. The molecule has 2 aromatic carbocycles. The van der Waals surface area contributed by atoms with E-state index in [0.717, 1.165) is 12.8 Å². The number of benzene rings is 2. The summed E-state index contributed by atoms with van der Waals surface area (Å²) in [5.41, 5.74) is 0.697. The largest absolute Gasteiger partial charge is 0.522 e. The van der Waals surface area contributed by atoms with Gasteiger partial charge < -0.3 is 19.4 Å². The molecule has 0 aliphatic carbocycles. The van der Waals surface area contributed by atoms with Gasteiger partial charge in [0.05, 0.1) is 17.1 Å². The molecule has 2 atom stereocenters. The summed E-state index contributed by atoms with van der Waals surface area (Å²) in [5.74, 6) is -1.12. The van der Waals surface area contributed by atoms with Crippen molar-refractivity contribution in [1.29, 1.82) is 0 Å². The lowest BCUT2D eigenvalue weighted by Gasteiger charge is -2.25. The van der Waals surface area contributed by atoms with E-state index in [1.165, 1.54) is 48.5 Å². The number of sulfonamides is 1. The van der Waals surface area contributed by atoms with Crippen molar-refractivity contribution >= 4 is 66.3 Å². The highest BCUT2D eigenvalue weighted by atomic mass is 127. The topological polar surface area (TPSA) is 120 Å². The molecule has 0 bridgehead atoms. The van der Waals surface area contributed by atoms with Crippen LogP contribution < -0.4 is 10.0 Å². The molecule has 3 rings (SSSR count). The van der Waals surface area contributed by atoms with Gasteiger partial charge in [-0.25, -0.2) is 13.2 Å². The first-order chi connectivity index (χ1) is 16.6. The Morgan fingerprint density at radius 2 is 1.86 bits per heavy atom. The third-order valence-corrected chi connectivity index (χ3v) is 6.98. The average molecular weight is 635 g/mol. The SMILES string of the molecule is CB(I)OC(=O)c1ccc(NC(=O)C(COC2CCCCO2)NS(=O)(=O)c2ccc(Cl)cc2)cc1. The van der Waals surface area contributed by atoms with Crippen molar-refractivity contribution < 1.29 is 32.1 Å². The van der Waals surface area contributed by atoms with E-state index in [4.69, 9.17) is 25.7 Å². The summed E-state index contributed by atoms with van der Waals surface area (Å²) in [4.78, 5) is 25.0. The predicted molar refractivity (Wildman–Crippen MR) is 141 cm³/mol. The Labute approximate surface area is 223 Å². The van der Waals surface area contributed by atoms with Crippen molar-refractivity contribution in [3.8, 4) is 0 Å². The number of halogens is 2. The van der Waals surface area contributed by atoms with Crippen LogP contribution in [0.15, 0.2) is 53.4 Å². The molecule has 1 aliphatic heterocycles. The van der Waals surface area contributed by atoms with Crippen LogP contribution in [0.4, 0.5) is 5.69 Å². The number of amides is 1. The van der Waals surface area contributed by atoms with Crippen molar-refractivity contribution in [2.24, 2.45) is 0 Å². The fraction of sp³-hybridized carbons (Fsp3) is 0.364. The minimum atomic E-state index is -4.05. The lowest BCUT2D eigenvalue weighted by molar-refractivity contribution is -0.166. The maximum absolute atomic E-state index is 13.0. The van der Waals surface area contributed by atoms with Crippen LogP contribution in [0.2, 0.25) is 11.8 Å². The number of rotatable bonds is 10. The Balaban J connectivity index is 1.72. The molecule has 2 unspecified atom stereocenters. The minimum absolute atomic E-state index is 0.0408. The Morgan fingerprint density at radius 1 is 1.17 bits per heavy atom. The van der Waals surface area contributed by atoms with E-state index in [9.17, 15) is 18.0 Å². The van der Waals surface area contributed by atoms with Gasteiger partial charge in [-0.1, -0.05) is 34.0 Å². The van der Waals surface area contributed by atoms with Gasteiger partial charge in [0.1, 0.15) is 6.04 Å². The number of hydrogen-bond donors (Lipinski definition) is 2. The predicted octanol–water partition coefficient (Wildman–Crippen LogP) is 3.88. The average Bonchev–Trinajstić information content (AvgIpc) is 2.82. The maximum atomic E-state index is 13.0. The fourth-order valence-electron chi connectivity index (χ4n) is 3.21. The lowest BCUT2D eigenvalue weighted by Crippen LogP contribution is -2.47. The first-order valence-corrected chi connectivity index (χ1v) is 14.0. The van der Waals surface area contributed by atoms with E-state index in [2.05, 4.69) is 10.0 Å². The number of carbonyl (C=O) groups excluding carboxylic acids is 2. The summed E-state index contributed by atoms with van der Waals surface area (Å²) < 4.78 is 44.3. The molecule has 2 N–H and O–H groups in total. The second-order valence-electron chi connectivity index (χ2n) is 7.77. The highest BCUT2D eigenvalue weighted by molar-refractivity contribution is 14.1. The Kier molecular flexibility index (Phi) is 10.4. The first kappa shape index (κ1) is 27.9. The summed E-state index contributed by atoms with van der Waals surface area (Å²) in [6.07, 6.45) is 1.99. The van der Waals surface area contributed by atoms with Crippen LogP contribution in [-0.2, 0) is 28.9 Å². The highest BCUT2D eigenvalue weighted by Gasteiger charge is 2.28. The van der Waals surface area contributed by atoms with Crippen molar-refractivity contribution in [1.82, 2.24) is 4.72 Å². The summed E-state index contributed by atoms with van der Waals surface area (Å²) in [6.45, 7) is 2.04. The second-order valence-corrected chi connectivity index (χ2v) is 11.7. The third kappa shape index (κ3) is 8.72. The number of nitrogens with one attached hydrogen (secondary N) is 2. The Morgan fingerprint density at radius 3 is 2.46 bits per heavy atom. The highest BCUT2D eigenvalue weighted by Crippen LogP contribution is 2.18. The smallest absolute Gasteiger partial charge is 0.429 e. The van der Waals surface area contributed by atoms with Crippen LogP contribution >= 0.6 is 34.0 Å². The van der Waals surface area contributed by atoms with Gasteiger partial charge in [0.2, 0.25) is 15.9 Å². The van der Waals surface area contributed by atoms with Crippen LogP contribution in [0.5, 0.6) is 0 Å². The van der Waals surface area contributed by atoms with Crippen molar-refractivity contribution in [2.45, 2.75) is 43.3 Å². The monoisotopic (exact) mass is 634 g/mol. The van der Waals surface area contributed by atoms with Crippen LogP contribution in [0.1, 0.15) is 29.6 Å². The van der Waals surface area contributed by atoms with Crippen LogP contribution in [0.3, 0.4) is 0 Å². The van der Waals surface area contributed by atoms with E-state index in [1.54, 1.807) is 6.82 Å². The van der Waals surface area contributed by atoms with Gasteiger partial charge in [0.15, 0.2) is 6.29 Å². The quantitative estimate of drug-likeness (QED) is 0.301. The molecular formula is C22H25BClIN2O7S. The Bertz CT molecular complexity index is 1110. The first-order valence-electron chi connectivity index (χ1n) is 10.9. The van der Waals surface area contributed by atoms with Crippen molar-refractivity contribution in [3.63, 3.8) is 0 Å². The van der Waals surface area contributed by atoms with Gasteiger partial charge in [-0.05, 0) is 74.6 Å². The molecule has 13 heteroatoms. The molecule has 1 amide bonds. The number of carbonyl (C=O) groups is 2. The van der Waals surface area contributed by atoms with Crippen LogP contribution in [0, 0.1) is 0 Å². The summed E-state index contributed by atoms with van der Waals surface area (Å²) in [6, 6.07) is 10.4. The second kappa shape index (κ2) is 13.0. The molecule has 0 radical (unpaired) electrons. The van der Waals surface area contributed by atoms with E-state index in [1.807, 2.05) is 22.4 Å². The zero-order valence-electron chi connectivity index (χ0n) is 18.9. The minimum Gasteiger partial charge on any atom is -0.522 e. The molecule has 35 heavy (non-hydrogen) atoms. The van der Waals surface area contributed by atoms with Crippen LogP contribution in [0.25, 0.3) is 0 Å². The zero-order valence-corrected chi connectivity index (χ0v) is 22.6. The molecule has 1 heterocycles. The van der Waals surface area contributed by atoms with E-state index in [-0.39, 0.29) is 16.3 Å². The molecule has 188 valence electrons. The molecule has 0 aromatic heterocycles. The maximum Gasteiger partial charge on any atom is 0.429 e. The molecule has 1 saturated heterocycles. The van der Waals surface area contributed by atoms with Gasteiger partial charge >= 0.3 is 10.7 Å². The van der Waals surface area contributed by atoms with Gasteiger partial charge in [-0.3, -0.25) is 4.79 Å². The summed E-state index contributed by atoms with van der Waals surface area (Å²) in [5, 5.41) is 3.04. The van der Waals surface area contributed by atoms with E-state index in [0.29, 0.717) is 29.3 Å². The molecule has 0 saturated carbocycles. The summed E-state index contributed by atoms with van der Waals surface area (Å²) >= 11 is 7.83. The van der Waals surface area contributed by atoms with Crippen molar-refractivity contribution in [2.75, 3.05) is 18.5 Å². The number of anilines is 1. The number of hydrogen-bond acceptors (Lipinski definition) is 7. The van der Waals surface area contributed by atoms with E-state index < -0.39 is 34.2 Å².